The van der Waals surface area contributed by atoms with Gasteiger partial charge in [0.05, 0.1) is 0 Å². The van der Waals surface area contributed by atoms with Crippen LogP contribution < -0.4 is 62.5 Å². The van der Waals surface area contributed by atoms with Crippen LogP contribution in [0.25, 0.3) is 0 Å². The van der Waals surface area contributed by atoms with Crippen molar-refractivity contribution in [2.24, 2.45) is 0 Å². The zero-order valence-corrected chi connectivity index (χ0v) is 25.4. The first-order chi connectivity index (χ1) is 18.4. The maximum atomic E-state index is 11.2. The normalized spacial score (nSPS) is 10.7. The predicted molar refractivity (Wildman–Crippen MR) is 140 cm³/mol. The quantitative estimate of drug-likeness (QED) is 0.158. The van der Waals surface area contributed by atoms with Crippen LogP contribution in [-0.4, -0.2) is 25.0 Å². The van der Waals surface area contributed by atoms with Crippen molar-refractivity contribution < 1.29 is 61.5 Å². The number of ether oxygens (including phenoxy) is 2. The molecule has 0 aliphatic carbocycles. The molecule has 0 saturated carbocycles. The van der Waals surface area contributed by atoms with Crippen molar-refractivity contribution in [3.63, 3.8) is 0 Å². The Balaban J connectivity index is 1.17. The van der Waals surface area contributed by atoms with Crippen molar-refractivity contribution in [3.05, 3.63) is 111 Å². The predicted octanol–water partition coefficient (Wildman–Crippen LogP) is -0.682. The van der Waals surface area contributed by atoms with E-state index < -0.39 is 0 Å². The molecule has 6 nitrogen and oxygen atoms in total. The summed E-state index contributed by atoms with van der Waals surface area (Å²) in [5, 5.41) is 5.59. The van der Waals surface area contributed by atoms with Gasteiger partial charge in [0.1, 0.15) is 0 Å². The van der Waals surface area contributed by atoms with Gasteiger partial charge in [-0.2, -0.15) is 0 Å². The van der Waals surface area contributed by atoms with Gasteiger partial charge in [-0.3, -0.25) is 0 Å². The number of hydrogen-bond donors (Lipinski definition) is 2. The maximum absolute atomic E-state index is 11.2. The van der Waals surface area contributed by atoms with Crippen LogP contribution in [0, 0.1) is 14.3 Å². The Labute approximate surface area is 243 Å². The minimum absolute atomic E-state index is 0.0628. The molecule has 198 valence electrons. The third kappa shape index (κ3) is 9.32. The molecule has 2 amide bonds. The van der Waals surface area contributed by atoms with Gasteiger partial charge in [0, 0.05) is 0 Å². The van der Waals surface area contributed by atoms with Gasteiger partial charge in [-0.05, 0) is 0 Å². The second-order valence-corrected chi connectivity index (χ2v) is 14.2. The summed E-state index contributed by atoms with van der Waals surface area (Å²) in [5.74, 6) is 1.53. The second-order valence-electron chi connectivity index (χ2n) is 8.17. The number of benzene rings is 4. The summed E-state index contributed by atoms with van der Waals surface area (Å²) < 4.78 is 16.9. The van der Waals surface area contributed by atoms with Gasteiger partial charge in [-0.25, -0.2) is 0 Å². The van der Waals surface area contributed by atoms with Crippen molar-refractivity contribution in [2.45, 2.75) is 13.8 Å². The summed E-state index contributed by atoms with van der Waals surface area (Å²) in [5.41, 5.74) is 1.64. The number of amides is 2. The van der Waals surface area contributed by atoms with E-state index in [9.17, 15) is 9.59 Å². The zero-order valence-electron chi connectivity index (χ0n) is 21.0. The number of halogens is 2. The number of carbonyl (C=O) groups excluding carboxylic acids is 2. The Morgan fingerprint density at radius 1 is 0.526 bits per heavy atom. The van der Waals surface area contributed by atoms with Gasteiger partial charge in [0.25, 0.3) is 0 Å². The number of carbonyl (C=O) groups is 2. The van der Waals surface area contributed by atoms with Gasteiger partial charge in [-0.15, -0.1) is 0 Å². The van der Waals surface area contributed by atoms with E-state index >= 15 is 0 Å². The van der Waals surface area contributed by atoms with E-state index in [1.54, 1.807) is 0 Å². The fourth-order valence-electron chi connectivity index (χ4n) is 3.36. The second kappa shape index (κ2) is 14.1. The molecule has 4 aromatic carbocycles. The molecule has 0 fully saturated rings. The van der Waals surface area contributed by atoms with Crippen molar-refractivity contribution in [3.8, 4) is 11.5 Å². The standard InChI is InChI=1S/C30H28I2N2O4/c1-21(35)33-27-11-3-23(4-12-27)31-25-7-15-29(16-8-25)37-19-20-38-30-17-9-26(10-18-30)32-24-5-13-28(14-6-24)34-22(2)36/h3-18H,19-20H2,1-2H3,(H,33,35)(H,34,36)/q-2. The molecule has 38 heavy (non-hydrogen) atoms. The van der Waals surface area contributed by atoms with E-state index in [2.05, 4.69) is 59.2 Å². The molecular formula is C30H28I2N2O4-2. The average molecular weight is 734 g/mol. The molecule has 4 rings (SSSR count). The van der Waals surface area contributed by atoms with Gasteiger partial charge in [0.15, 0.2) is 0 Å². The van der Waals surface area contributed by atoms with Crippen LogP contribution >= 0.6 is 0 Å². The van der Waals surface area contributed by atoms with Crippen molar-refractivity contribution in [1.29, 1.82) is 0 Å². The SMILES string of the molecule is CC(=O)Nc1ccc([I-]c2ccc(OCCOc3ccc([I-]c4ccc(NC(C)=O)cc4)cc3)cc2)cc1. The molecule has 0 unspecified atom stereocenters. The van der Waals surface area contributed by atoms with Gasteiger partial charge in [0.2, 0.25) is 0 Å². The third-order valence-electron chi connectivity index (χ3n) is 5.01. The average Bonchev–Trinajstić information content (AvgIpc) is 2.90. The fraction of sp³-hybridized carbons (Fsp3) is 0.133. The molecule has 0 spiro atoms. The fourth-order valence-corrected chi connectivity index (χ4v) is 7.67. The molecule has 8 heteroatoms. The van der Waals surface area contributed by atoms with Crippen molar-refractivity contribution in [2.75, 3.05) is 23.8 Å². The molecule has 4 aromatic rings. The first-order valence-electron chi connectivity index (χ1n) is 11.9. The first kappa shape index (κ1) is 27.9. The molecule has 0 aromatic heterocycles. The summed E-state index contributed by atoms with van der Waals surface area (Å²) in [4.78, 5) is 22.3. The monoisotopic (exact) mass is 734 g/mol. The van der Waals surface area contributed by atoms with Crippen LogP contribution in [0.3, 0.4) is 0 Å². The van der Waals surface area contributed by atoms with Crippen LogP contribution in [0.2, 0.25) is 0 Å². The van der Waals surface area contributed by atoms with E-state index in [-0.39, 0.29) is 54.2 Å². The number of nitrogens with one attached hydrogen (secondary N) is 2. The van der Waals surface area contributed by atoms with Gasteiger partial charge < -0.3 is 0 Å². The van der Waals surface area contributed by atoms with Crippen molar-refractivity contribution >= 4 is 23.2 Å². The van der Waals surface area contributed by atoms with Crippen LogP contribution in [0.5, 0.6) is 11.5 Å². The molecular weight excluding hydrogens is 706 g/mol. The minimum atomic E-state index is -0.296. The summed E-state index contributed by atoms with van der Waals surface area (Å²) >= 11 is -0.592. The summed E-state index contributed by atoms with van der Waals surface area (Å²) in [7, 11) is 0. The number of hydrogen-bond acceptors (Lipinski definition) is 4. The molecule has 0 aliphatic heterocycles. The van der Waals surface area contributed by atoms with E-state index in [0.717, 1.165) is 22.9 Å². The zero-order chi connectivity index (χ0) is 26.7. The van der Waals surface area contributed by atoms with E-state index in [4.69, 9.17) is 9.47 Å². The molecule has 0 bridgehead atoms. The van der Waals surface area contributed by atoms with Gasteiger partial charge >= 0.3 is 245 Å². The number of rotatable bonds is 11. The summed E-state index contributed by atoms with van der Waals surface area (Å²) in [6, 6.07) is 32.5. The topological polar surface area (TPSA) is 76.7 Å². The third-order valence-corrected chi connectivity index (χ3v) is 10.4. The van der Waals surface area contributed by atoms with Gasteiger partial charge in [-0.1, -0.05) is 0 Å². The summed E-state index contributed by atoms with van der Waals surface area (Å²) in [6.07, 6.45) is 0. The van der Waals surface area contributed by atoms with Crippen molar-refractivity contribution in [1.82, 2.24) is 0 Å². The molecule has 0 atom stereocenters. The molecule has 0 radical (unpaired) electrons. The molecule has 2 N–H and O–H groups in total. The first-order valence-corrected chi connectivity index (χ1v) is 16.3. The molecule has 0 aliphatic rings. The molecule has 0 saturated heterocycles. The Morgan fingerprint density at radius 2 is 0.816 bits per heavy atom. The van der Waals surface area contributed by atoms with E-state index in [1.807, 2.05) is 48.5 Å². The Kier molecular flexibility index (Phi) is 10.4. The Morgan fingerprint density at radius 3 is 1.11 bits per heavy atom. The molecule has 0 heterocycles. The van der Waals surface area contributed by atoms with Crippen LogP contribution in [0.1, 0.15) is 13.8 Å². The Bertz CT molecular complexity index is 1230. The van der Waals surface area contributed by atoms with E-state index in [0.29, 0.717) is 13.2 Å². The van der Waals surface area contributed by atoms with E-state index in [1.165, 1.54) is 28.1 Å². The summed E-state index contributed by atoms with van der Waals surface area (Å²) in [6.45, 7) is 3.95. The van der Waals surface area contributed by atoms with Crippen LogP contribution in [0.4, 0.5) is 11.4 Å². The van der Waals surface area contributed by atoms with Crippen LogP contribution in [-0.2, 0) is 9.59 Å². The number of anilines is 2. The van der Waals surface area contributed by atoms with Crippen LogP contribution in [0.15, 0.2) is 97.1 Å². The Hall–Kier alpha value is -3.12.